The average molecular weight is 536 g/mol. The highest BCUT2D eigenvalue weighted by atomic mass is 16.2. The molecular formula is C28H37N7O4. The minimum Gasteiger partial charge on any atom is -0.357 e. The summed E-state index contributed by atoms with van der Waals surface area (Å²) in [5.41, 5.74) is 1.85. The van der Waals surface area contributed by atoms with E-state index < -0.39 is 11.6 Å². The van der Waals surface area contributed by atoms with Crippen LogP contribution in [0, 0.1) is 5.92 Å². The Labute approximate surface area is 228 Å². The third-order valence-corrected chi connectivity index (χ3v) is 8.50. The van der Waals surface area contributed by atoms with Crippen molar-refractivity contribution in [1.29, 1.82) is 0 Å². The first-order valence-electron chi connectivity index (χ1n) is 13.7. The van der Waals surface area contributed by atoms with Crippen LogP contribution >= 0.6 is 0 Å². The number of nitrogens with zero attached hydrogens (tertiary/aromatic N) is 3. The van der Waals surface area contributed by atoms with Crippen LogP contribution in [0.5, 0.6) is 0 Å². The number of aryl methyl sites for hydroxylation is 1. The lowest BCUT2D eigenvalue weighted by molar-refractivity contribution is -0.131. The van der Waals surface area contributed by atoms with Gasteiger partial charge in [-0.2, -0.15) is 5.10 Å². The highest BCUT2D eigenvalue weighted by Crippen LogP contribution is 2.39. The summed E-state index contributed by atoms with van der Waals surface area (Å²) in [5, 5.41) is 15.7. The molecule has 1 saturated carbocycles. The molecule has 11 heteroatoms. The van der Waals surface area contributed by atoms with Gasteiger partial charge in [0.25, 0.3) is 5.91 Å². The summed E-state index contributed by atoms with van der Waals surface area (Å²) in [5.74, 6) is -0.756. The SMILES string of the molecule is CNC(=O)C1(N2C(=O)NCC2C)Cc2ccc(NC(=O)[C@@H](NC(=O)c3ccnn3C)C3CCCCC3)cc2C1. The van der Waals surface area contributed by atoms with Crippen molar-refractivity contribution in [1.82, 2.24) is 30.6 Å². The van der Waals surface area contributed by atoms with Crippen LogP contribution < -0.4 is 21.3 Å². The van der Waals surface area contributed by atoms with Gasteiger partial charge in [-0.3, -0.25) is 19.1 Å². The Morgan fingerprint density at radius 3 is 2.49 bits per heavy atom. The number of likely N-dealkylation sites (N-methyl/N-ethyl adjacent to an activating group) is 1. The molecule has 1 aliphatic heterocycles. The summed E-state index contributed by atoms with van der Waals surface area (Å²) in [4.78, 5) is 54.2. The van der Waals surface area contributed by atoms with Crippen molar-refractivity contribution >= 4 is 29.4 Å². The number of hydrogen-bond donors (Lipinski definition) is 4. The van der Waals surface area contributed by atoms with Gasteiger partial charge in [-0.05, 0) is 55.0 Å². The molecule has 11 nitrogen and oxygen atoms in total. The molecule has 5 amide bonds. The molecule has 1 aromatic carbocycles. The third-order valence-electron chi connectivity index (χ3n) is 8.50. The molecule has 208 valence electrons. The molecular weight excluding hydrogens is 498 g/mol. The zero-order valence-corrected chi connectivity index (χ0v) is 22.8. The second-order valence-electron chi connectivity index (χ2n) is 11.0. The molecule has 0 radical (unpaired) electrons. The van der Waals surface area contributed by atoms with Crippen molar-refractivity contribution in [3.05, 3.63) is 47.3 Å². The van der Waals surface area contributed by atoms with E-state index in [4.69, 9.17) is 0 Å². The average Bonchev–Trinajstić information content (AvgIpc) is 3.63. The molecule has 1 aromatic heterocycles. The second-order valence-corrected chi connectivity index (χ2v) is 11.0. The highest BCUT2D eigenvalue weighted by Gasteiger charge is 2.53. The van der Waals surface area contributed by atoms with Crippen LogP contribution in [0.25, 0.3) is 0 Å². The van der Waals surface area contributed by atoms with Gasteiger partial charge in [-0.15, -0.1) is 0 Å². The van der Waals surface area contributed by atoms with E-state index in [1.807, 2.05) is 25.1 Å². The van der Waals surface area contributed by atoms with E-state index in [9.17, 15) is 19.2 Å². The fourth-order valence-electron chi connectivity index (χ4n) is 6.53. The zero-order valence-electron chi connectivity index (χ0n) is 22.8. The quantitative estimate of drug-likeness (QED) is 0.428. The predicted octanol–water partition coefficient (Wildman–Crippen LogP) is 1.73. The maximum absolute atomic E-state index is 13.6. The predicted molar refractivity (Wildman–Crippen MR) is 145 cm³/mol. The van der Waals surface area contributed by atoms with E-state index in [0.29, 0.717) is 30.8 Å². The van der Waals surface area contributed by atoms with Crippen LogP contribution in [-0.2, 0) is 29.5 Å². The lowest BCUT2D eigenvalue weighted by atomic mass is 9.83. The fourth-order valence-corrected chi connectivity index (χ4v) is 6.53. The number of aromatic nitrogens is 2. The number of carbonyl (C=O) groups excluding carboxylic acids is 4. The minimum atomic E-state index is -1.03. The third kappa shape index (κ3) is 4.97. The number of rotatable bonds is 7. The van der Waals surface area contributed by atoms with Gasteiger partial charge in [0.15, 0.2) is 0 Å². The standard InChI is InChI=1S/C28H37N7O4/c1-17-16-30-27(39)35(17)28(26(38)29-2)14-19-9-10-21(13-20(19)15-28)32-25(37)23(18-7-5-4-6-8-18)33-24(36)22-11-12-31-34(22)3/h9-13,17-18,23H,4-8,14-16H2,1-3H3,(H,29,38)(H,30,39)(H,32,37)(H,33,36)/t17?,23-,28?/m0/s1. The molecule has 39 heavy (non-hydrogen) atoms. The van der Waals surface area contributed by atoms with Crippen LogP contribution in [0.1, 0.15) is 60.6 Å². The second kappa shape index (κ2) is 10.7. The molecule has 2 heterocycles. The van der Waals surface area contributed by atoms with Crippen molar-refractivity contribution in [2.45, 2.75) is 69.5 Å². The Bertz CT molecular complexity index is 1280. The van der Waals surface area contributed by atoms with E-state index in [-0.39, 0.29) is 35.7 Å². The van der Waals surface area contributed by atoms with E-state index in [1.54, 1.807) is 31.3 Å². The Balaban J connectivity index is 1.36. The van der Waals surface area contributed by atoms with Gasteiger partial charge >= 0.3 is 6.03 Å². The van der Waals surface area contributed by atoms with Crippen LogP contribution in [0.15, 0.2) is 30.5 Å². The van der Waals surface area contributed by atoms with Gasteiger partial charge in [0.2, 0.25) is 11.8 Å². The van der Waals surface area contributed by atoms with Crippen LogP contribution in [0.3, 0.4) is 0 Å². The minimum absolute atomic E-state index is 0.0430. The Kier molecular flexibility index (Phi) is 7.33. The summed E-state index contributed by atoms with van der Waals surface area (Å²) < 4.78 is 1.49. The largest absolute Gasteiger partial charge is 0.357 e. The molecule has 1 saturated heterocycles. The van der Waals surface area contributed by atoms with Crippen molar-refractivity contribution < 1.29 is 19.2 Å². The molecule has 5 rings (SSSR count). The van der Waals surface area contributed by atoms with Crippen molar-refractivity contribution in [2.75, 3.05) is 18.9 Å². The first kappa shape index (κ1) is 26.7. The fraction of sp³-hybridized carbons (Fsp3) is 0.536. The summed E-state index contributed by atoms with van der Waals surface area (Å²) in [6.07, 6.45) is 7.24. The first-order valence-corrected chi connectivity index (χ1v) is 13.7. The number of hydrogen-bond acceptors (Lipinski definition) is 5. The van der Waals surface area contributed by atoms with E-state index >= 15 is 0 Å². The maximum Gasteiger partial charge on any atom is 0.318 e. The van der Waals surface area contributed by atoms with E-state index in [0.717, 1.165) is 43.2 Å². The van der Waals surface area contributed by atoms with E-state index in [2.05, 4.69) is 26.4 Å². The monoisotopic (exact) mass is 535 g/mol. The molecule has 2 aromatic rings. The summed E-state index contributed by atoms with van der Waals surface area (Å²) >= 11 is 0. The number of fused-ring (bicyclic) bond motifs is 1. The zero-order chi connectivity index (χ0) is 27.7. The van der Waals surface area contributed by atoms with Gasteiger partial charge in [0.1, 0.15) is 17.3 Å². The smallest absolute Gasteiger partial charge is 0.318 e. The number of urea groups is 1. The molecule has 0 bridgehead atoms. The Morgan fingerprint density at radius 2 is 1.85 bits per heavy atom. The van der Waals surface area contributed by atoms with Gasteiger partial charge < -0.3 is 26.2 Å². The van der Waals surface area contributed by atoms with Crippen LogP contribution in [0.4, 0.5) is 10.5 Å². The lowest BCUT2D eigenvalue weighted by Gasteiger charge is -2.38. The maximum atomic E-state index is 13.6. The number of carbonyl (C=O) groups is 4. The van der Waals surface area contributed by atoms with Crippen LogP contribution in [-0.4, -0.2) is 69.6 Å². The Hall–Kier alpha value is -3.89. The molecule has 2 fully saturated rings. The van der Waals surface area contributed by atoms with E-state index in [1.165, 1.54) is 4.68 Å². The number of benzene rings is 1. The molecule has 0 spiro atoms. The van der Waals surface area contributed by atoms with Crippen molar-refractivity contribution in [3.63, 3.8) is 0 Å². The van der Waals surface area contributed by atoms with Crippen LogP contribution in [0.2, 0.25) is 0 Å². The van der Waals surface area contributed by atoms with Gasteiger partial charge in [-0.25, -0.2) is 4.79 Å². The molecule has 3 aliphatic rings. The van der Waals surface area contributed by atoms with Gasteiger partial charge in [-0.1, -0.05) is 25.3 Å². The Morgan fingerprint density at radius 1 is 1.10 bits per heavy atom. The van der Waals surface area contributed by atoms with Crippen molar-refractivity contribution in [2.24, 2.45) is 13.0 Å². The molecule has 4 N–H and O–H groups in total. The first-order chi connectivity index (χ1) is 18.7. The number of nitrogens with one attached hydrogen (secondary N) is 4. The number of amides is 5. The highest BCUT2D eigenvalue weighted by molar-refractivity contribution is 6.01. The van der Waals surface area contributed by atoms with Gasteiger partial charge in [0.05, 0.1) is 0 Å². The molecule has 2 unspecified atom stereocenters. The lowest BCUT2D eigenvalue weighted by Crippen LogP contribution is -2.62. The molecule has 2 aliphatic carbocycles. The summed E-state index contributed by atoms with van der Waals surface area (Å²) in [6, 6.07) is 6.21. The normalized spacial score (nSPS) is 23.6. The van der Waals surface area contributed by atoms with Crippen molar-refractivity contribution in [3.8, 4) is 0 Å². The number of anilines is 1. The molecule has 3 atom stereocenters. The topological polar surface area (TPSA) is 137 Å². The van der Waals surface area contributed by atoms with Gasteiger partial charge in [0, 0.05) is 51.4 Å². The summed E-state index contributed by atoms with van der Waals surface area (Å²) in [6.45, 7) is 2.42. The summed E-state index contributed by atoms with van der Waals surface area (Å²) in [7, 11) is 3.28.